The van der Waals surface area contributed by atoms with E-state index in [1.165, 1.54) is 4.31 Å². The van der Waals surface area contributed by atoms with Crippen LogP contribution in [0, 0.1) is 11.8 Å². The molecule has 2 atom stereocenters. The predicted octanol–water partition coefficient (Wildman–Crippen LogP) is 1.41. The summed E-state index contributed by atoms with van der Waals surface area (Å²) in [5.74, 6) is 0.213. The molecule has 0 amide bonds. The van der Waals surface area contributed by atoms with E-state index in [0.717, 1.165) is 6.42 Å². The zero-order chi connectivity index (χ0) is 16.4. The minimum Gasteiger partial charge on any atom is -0.461 e. The van der Waals surface area contributed by atoms with E-state index in [2.05, 4.69) is 0 Å². The molecule has 0 radical (unpaired) electrons. The Bertz CT molecular complexity index is 681. The van der Waals surface area contributed by atoms with Crippen LogP contribution in [0.4, 0.5) is 0 Å². The zero-order valence-corrected chi connectivity index (χ0v) is 13.9. The molecule has 1 aromatic rings. The van der Waals surface area contributed by atoms with Crippen LogP contribution in [0.15, 0.2) is 29.2 Å². The lowest BCUT2D eigenvalue weighted by Gasteiger charge is -2.26. The van der Waals surface area contributed by atoms with Crippen molar-refractivity contribution in [1.82, 2.24) is 4.31 Å². The minimum atomic E-state index is -3.52. The summed E-state index contributed by atoms with van der Waals surface area (Å²) in [6.45, 7) is 3.67. The SMILES string of the molecule is C[C@H]1C[C@@H]1C(=O)OCc1cccc(S(=O)(=O)N2CCOCC2)c1. The fourth-order valence-corrected chi connectivity index (χ4v) is 4.12. The maximum Gasteiger partial charge on any atom is 0.309 e. The van der Waals surface area contributed by atoms with E-state index in [1.54, 1.807) is 24.3 Å². The Balaban J connectivity index is 1.67. The summed E-state index contributed by atoms with van der Waals surface area (Å²) in [5, 5.41) is 0. The smallest absolute Gasteiger partial charge is 0.309 e. The number of ether oxygens (including phenoxy) is 2. The molecule has 1 heterocycles. The standard InChI is InChI=1S/C16H21NO5S/c1-12-9-15(12)16(18)22-11-13-3-2-4-14(10-13)23(19,20)17-5-7-21-8-6-17/h2-4,10,12,15H,5-9,11H2,1H3/t12-,15-/m0/s1. The van der Waals surface area contributed by atoms with E-state index in [1.807, 2.05) is 6.92 Å². The zero-order valence-electron chi connectivity index (χ0n) is 13.1. The summed E-state index contributed by atoms with van der Waals surface area (Å²) in [7, 11) is -3.52. The van der Waals surface area contributed by atoms with E-state index in [4.69, 9.17) is 9.47 Å². The van der Waals surface area contributed by atoms with Crippen molar-refractivity contribution in [2.45, 2.75) is 24.8 Å². The molecule has 6 nitrogen and oxygen atoms in total. The van der Waals surface area contributed by atoms with Crippen LogP contribution in [-0.4, -0.2) is 45.0 Å². The highest BCUT2D eigenvalue weighted by atomic mass is 32.2. The van der Waals surface area contributed by atoms with Gasteiger partial charge in [0, 0.05) is 13.1 Å². The summed E-state index contributed by atoms with van der Waals surface area (Å²) >= 11 is 0. The maximum atomic E-state index is 12.6. The van der Waals surface area contributed by atoms with Gasteiger partial charge in [0.25, 0.3) is 0 Å². The first-order chi connectivity index (χ1) is 11.0. The van der Waals surface area contributed by atoms with Crippen LogP contribution in [0.3, 0.4) is 0 Å². The summed E-state index contributed by atoms with van der Waals surface area (Å²) in [4.78, 5) is 12.0. The Morgan fingerprint density at radius 3 is 2.70 bits per heavy atom. The van der Waals surface area contributed by atoms with Crippen molar-refractivity contribution < 1.29 is 22.7 Å². The van der Waals surface area contributed by atoms with Gasteiger partial charge in [0.2, 0.25) is 10.0 Å². The molecule has 1 saturated carbocycles. The highest BCUT2D eigenvalue weighted by Crippen LogP contribution is 2.38. The lowest BCUT2D eigenvalue weighted by molar-refractivity contribution is -0.146. The monoisotopic (exact) mass is 339 g/mol. The third-order valence-electron chi connectivity index (χ3n) is 4.30. The van der Waals surface area contributed by atoms with E-state index in [0.29, 0.717) is 37.8 Å². The van der Waals surface area contributed by atoms with Gasteiger partial charge in [-0.15, -0.1) is 0 Å². The topological polar surface area (TPSA) is 72.9 Å². The number of hydrogen-bond acceptors (Lipinski definition) is 5. The van der Waals surface area contributed by atoms with Gasteiger partial charge in [-0.25, -0.2) is 8.42 Å². The van der Waals surface area contributed by atoms with Crippen LogP contribution in [-0.2, 0) is 30.9 Å². The lowest BCUT2D eigenvalue weighted by Crippen LogP contribution is -2.40. The summed E-state index contributed by atoms with van der Waals surface area (Å²) in [6.07, 6.45) is 0.879. The van der Waals surface area contributed by atoms with Crippen LogP contribution >= 0.6 is 0 Å². The number of carbonyl (C=O) groups excluding carboxylic acids is 1. The lowest BCUT2D eigenvalue weighted by atomic mass is 10.2. The Kier molecular flexibility index (Phi) is 4.70. The highest BCUT2D eigenvalue weighted by molar-refractivity contribution is 7.89. The molecular formula is C16H21NO5S. The number of rotatable bonds is 5. The molecule has 3 rings (SSSR count). The molecule has 0 aromatic heterocycles. The minimum absolute atomic E-state index is 0.00950. The van der Waals surface area contributed by atoms with Gasteiger partial charge < -0.3 is 9.47 Å². The normalized spacial score (nSPS) is 25.1. The number of hydrogen-bond donors (Lipinski definition) is 0. The number of sulfonamides is 1. The molecule has 2 fully saturated rings. The summed E-state index contributed by atoms with van der Waals surface area (Å²) in [6, 6.07) is 6.59. The Morgan fingerprint density at radius 2 is 2.04 bits per heavy atom. The third-order valence-corrected chi connectivity index (χ3v) is 6.19. The van der Waals surface area contributed by atoms with Crippen molar-refractivity contribution in [3.8, 4) is 0 Å². The van der Waals surface area contributed by atoms with Crippen molar-refractivity contribution in [2.75, 3.05) is 26.3 Å². The molecule has 0 spiro atoms. The van der Waals surface area contributed by atoms with E-state index < -0.39 is 10.0 Å². The van der Waals surface area contributed by atoms with Gasteiger partial charge in [-0.2, -0.15) is 4.31 Å². The number of nitrogens with zero attached hydrogens (tertiary/aromatic N) is 1. The van der Waals surface area contributed by atoms with Crippen LogP contribution < -0.4 is 0 Å². The van der Waals surface area contributed by atoms with Crippen molar-refractivity contribution in [3.05, 3.63) is 29.8 Å². The molecule has 0 bridgehead atoms. The van der Waals surface area contributed by atoms with Crippen molar-refractivity contribution in [3.63, 3.8) is 0 Å². The second-order valence-electron chi connectivity index (χ2n) is 6.09. The molecule has 1 aliphatic heterocycles. The number of carbonyl (C=O) groups is 1. The van der Waals surface area contributed by atoms with Crippen LogP contribution in [0.1, 0.15) is 18.9 Å². The number of morpholine rings is 1. The van der Waals surface area contributed by atoms with E-state index in [9.17, 15) is 13.2 Å². The van der Waals surface area contributed by atoms with Gasteiger partial charge in [-0.1, -0.05) is 19.1 Å². The first kappa shape index (κ1) is 16.4. The first-order valence-corrected chi connectivity index (χ1v) is 9.26. The van der Waals surface area contributed by atoms with Crippen molar-refractivity contribution in [1.29, 1.82) is 0 Å². The summed E-state index contributed by atoms with van der Waals surface area (Å²) < 4.78 is 37.1. The van der Waals surface area contributed by atoms with Crippen LogP contribution in [0.5, 0.6) is 0 Å². The Hall–Kier alpha value is -1.44. The molecule has 126 valence electrons. The first-order valence-electron chi connectivity index (χ1n) is 7.82. The van der Waals surface area contributed by atoms with Gasteiger partial charge in [0.05, 0.1) is 24.0 Å². The molecule has 23 heavy (non-hydrogen) atoms. The van der Waals surface area contributed by atoms with Gasteiger partial charge in [0.15, 0.2) is 0 Å². The number of esters is 1. The second-order valence-corrected chi connectivity index (χ2v) is 8.03. The van der Waals surface area contributed by atoms with Crippen LogP contribution in [0.25, 0.3) is 0 Å². The third kappa shape index (κ3) is 3.73. The maximum absolute atomic E-state index is 12.6. The molecular weight excluding hydrogens is 318 g/mol. The van der Waals surface area contributed by atoms with E-state index >= 15 is 0 Å². The van der Waals surface area contributed by atoms with Gasteiger partial charge in [-0.05, 0) is 30.0 Å². The average molecular weight is 339 g/mol. The highest BCUT2D eigenvalue weighted by Gasteiger charge is 2.40. The van der Waals surface area contributed by atoms with Crippen LogP contribution in [0.2, 0.25) is 0 Å². The van der Waals surface area contributed by atoms with Crippen molar-refractivity contribution >= 4 is 16.0 Å². The fraction of sp³-hybridized carbons (Fsp3) is 0.562. The molecule has 0 N–H and O–H groups in total. The predicted molar refractivity (Wildman–Crippen MR) is 83.1 cm³/mol. The fourth-order valence-electron chi connectivity index (χ4n) is 2.64. The quantitative estimate of drug-likeness (QED) is 0.759. The molecule has 2 aliphatic rings. The largest absolute Gasteiger partial charge is 0.461 e. The molecule has 1 aliphatic carbocycles. The average Bonchev–Trinajstić information content (AvgIpc) is 3.31. The van der Waals surface area contributed by atoms with Gasteiger partial charge in [0.1, 0.15) is 6.61 Å². The molecule has 1 aromatic carbocycles. The Labute approximate surface area is 136 Å². The molecule has 7 heteroatoms. The van der Waals surface area contributed by atoms with E-state index in [-0.39, 0.29) is 23.4 Å². The Morgan fingerprint density at radius 1 is 1.35 bits per heavy atom. The summed E-state index contributed by atoms with van der Waals surface area (Å²) in [5.41, 5.74) is 0.681. The van der Waals surface area contributed by atoms with Gasteiger partial charge >= 0.3 is 5.97 Å². The molecule has 1 saturated heterocycles. The second kappa shape index (κ2) is 6.59. The number of benzene rings is 1. The van der Waals surface area contributed by atoms with Gasteiger partial charge in [-0.3, -0.25) is 4.79 Å². The van der Waals surface area contributed by atoms with Crippen molar-refractivity contribution in [2.24, 2.45) is 11.8 Å². The molecule has 0 unspecified atom stereocenters.